The fourth-order valence-corrected chi connectivity index (χ4v) is 3.27. The molecule has 1 aliphatic heterocycles. The van der Waals surface area contributed by atoms with Gasteiger partial charge in [-0.1, -0.05) is 29.5 Å². The Bertz CT molecular complexity index is 1140. The van der Waals surface area contributed by atoms with Crippen LogP contribution in [0.25, 0.3) is 10.9 Å². The SMILES string of the molecule is CNC(=O)C1CN(C(=O)CCn2nnc3ccccc3c2=O)c2ccccc2O1. The van der Waals surface area contributed by atoms with Crippen LogP contribution in [-0.4, -0.2) is 46.5 Å². The van der Waals surface area contributed by atoms with E-state index in [1.165, 1.54) is 16.6 Å². The molecule has 2 aromatic carbocycles. The van der Waals surface area contributed by atoms with E-state index in [9.17, 15) is 14.4 Å². The largest absolute Gasteiger partial charge is 0.477 e. The van der Waals surface area contributed by atoms with Gasteiger partial charge in [-0.2, -0.15) is 0 Å². The lowest BCUT2D eigenvalue weighted by atomic mass is 10.1. The van der Waals surface area contributed by atoms with Crippen molar-refractivity contribution in [1.29, 1.82) is 0 Å². The number of carbonyl (C=O) groups excluding carboxylic acids is 2. The van der Waals surface area contributed by atoms with E-state index in [0.29, 0.717) is 22.3 Å². The Kier molecular flexibility index (Phi) is 4.94. The van der Waals surface area contributed by atoms with Crippen molar-refractivity contribution in [3.8, 4) is 5.75 Å². The number of benzene rings is 2. The molecule has 1 N–H and O–H groups in total. The standard InChI is InChI=1S/C20H19N5O4/c1-21-19(27)17-12-24(15-8-4-5-9-16(15)29-17)18(26)10-11-25-20(28)13-6-2-3-7-14(13)22-23-25/h2-9,17H,10-12H2,1H3,(H,21,27). The van der Waals surface area contributed by atoms with Gasteiger partial charge in [-0.15, -0.1) is 5.10 Å². The summed E-state index contributed by atoms with van der Waals surface area (Å²) in [6.07, 6.45) is -0.774. The maximum Gasteiger partial charge on any atom is 0.277 e. The Labute approximate surface area is 165 Å². The number of rotatable bonds is 4. The van der Waals surface area contributed by atoms with Gasteiger partial charge in [0, 0.05) is 13.5 Å². The first-order valence-electron chi connectivity index (χ1n) is 9.18. The van der Waals surface area contributed by atoms with Crippen LogP contribution in [0.1, 0.15) is 6.42 Å². The Balaban J connectivity index is 1.56. The fourth-order valence-electron chi connectivity index (χ4n) is 3.27. The van der Waals surface area contributed by atoms with Gasteiger partial charge in [0.1, 0.15) is 11.3 Å². The zero-order chi connectivity index (χ0) is 20.4. The Morgan fingerprint density at radius 3 is 2.76 bits per heavy atom. The Morgan fingerprint density at radius 1 is 1.17 bits per heavy atom. The van der Waals surface area contributed by atoms with Gasteiger partial charge >= 0.3 is 0 Å². The summed E-state index contributed by atoms with van der Waals surface area (Å²) in [7, 11) is 1.52. The molecule has 0 saturated carbocycles. The summed E-state index contributed by atoms with van der Waals surface area (Å²) in [6.45, 7) is 0.174. The van der Waals surface area contributed by atoms with Crippen LogP contribution in [0, 0.1) is 0 Å². The number of likely N-dealkylation sites (N-methyl/N-ethyl adjacent to an activating group) is 1. The summed E-state index contributed by atoms with van der Waals surface area (Å²) in [5.74, 6) is -0.0891. The molecule has 0 saturated heterocycles. The molecule has 1 unspecified atom stereocenters. The maximum absolute atomic E-state index is 12.9. The molecule has 3 aromatic rings. The van der Waals surface area contributed by atoms with E-state index >= 15 is 0 Å². The molecule has 2 amide bonds. The topological polar surface area (TPSA) is 106 Å². The first kappa shape index (κ1) is 18.6. The highest BCUT2D eigenvalue weighted by molar-refractivity contribution is 5.97. The number of hydrogen-bond acceptors (Lipinski definition) is 6. The quantitative estimate of drug-likeness (QED) is 0.700. The van der Waals surface area contributed by atoms with Gasteiger partial charge in [-0.3, -0.25) is 14.4 Å². The third-order valence-electron chi connectivity index (χ3n) is 4.78. The van der Waals surface area contributed by atoms with Crippen molar-refractivity contribution in [3.05, 3.63) is 58.9 Å². The number of para-hydroxylation sites is 2. The van der Waals surface area contributed by atoms with Crippen LogP contribution >= 0.6 is 0 Å². The number of fused-ring (bicyclic) bond motifs is 2. The number of aryl methyl sites for hydroxylation is 1. The second-order valence-electron chi connectivity index (χ2n) is 6.58. The van der Waals surface area contributed by atoms with Crippen LogP contribution in [0.4, 0.5) is 5.69 Å². The summed E-state index contributed by atoms with van der Waals surface area (Å²) >= 11 is 0. The number of hydrogen-bond donors (Lipinski definition) is 1. The minimum absolute atomic E-state index is 0.0295. The number of carbonyl (C=O) groups is 2. The fraction of sp³-hybridized carbons (Fsp3) is 0.250. The highest BCUT2D eigenvalue weighted by atomic mass is 16.5. The highest BCUT2D eigenvalue weighted by Gasteiger charge is 2.33. The van der Waals surface area contributed by atoms with Gasteiger partial charge in [-0.25, -0.2) is 4.68 Å². The summed E-state index contributed by atoms with van der Waals surface area (Å²) in [5, 5.41) is 10.9. The maximum atomic E-state index is 12.9. The predicted octanol–water partition coefficient (Wildman–Crippen LogP) is 0.722. The average molecular weight is 393 g/mol. The van der Waals surface area contributed by atoms with E-state index in [-0.39, 0.29) is 36.9 Å². The summed E-state index contributed by atoms with van der Waals surface area (Å²) < 4.78 is 6.89. The molecule has 0 radical (unpaired) electrons. The first-order chi connectivity index (χ1) is 14.1. The molecule has 148 valence electrons. The summed E-state index contributed by atoms with van der Waals surface area (Å²) in [6, 6.07) is 14.0. The van der Waals surface area contributed by atoms with E-state index in [1.54, 1.807) is 48.5 Å². The third-order valence-corrected chi connectivity index (χ3v) is 4.78. The van der Waals surface area contributed by atoms with Gasteiger partial charge < -0.3 is 15.0 Å². The second-order valence-corrected chi connectivity index (χ2v) is 6.58. The zero-order valence-corrected chi connectivity index (χ0v) is 15.7. The van der Waals surface area contributed by atoms with E-state index in [1.807, 2.05) is 0 Å². The Hall–Kier alpha value is -3.75. The van der Waals surface area contributed by atoms with Crippen molar-refractivity contribution in [3.63, 3.8) is 0 Å². The molecule has 9 heteroatoms. The first-order valence-corrected chi connectivity index (χ1v) is 9.18. The molecule has 0 bridgehead atoms. The van der Waals surface area contributed by atoms with Crippen molar-refractivity contribution >= 4 is 28.4 Å². The van der Waals surface area contributed by atoms with Crippen LogP contribution in [-0.2, 0) is 16.1 Å². The van der Waals surface area contributed by atoms with Crippen molar-refractivity contribution in [1.82, 2.24) is 20.3 Å². The van der Waals surface area contributed by atoms with Gasteiger partial charge in [-0.05, 0) is 24.3 Å². The molecule has 0 aliphatic carbocycles. The monoisotopic (exact) mass is 393 g/mol. The van der Waals surface area contributed by atoms with Crippen molar-refractivity contribution in [2.45, 2.75) is 19.1 Å². The van der Waals surface area contributed by atoms with Crippen LogP contribution in [0.5, 0.6) is 5.75 Å². The Morgan fingerprint density at radius 2 is 1.93 bits per heavy atom. The number of ether oxygens (including phenoxy) is 1. The molecule has 1 aliphatic rings. The lowest BCUT2D eigenvalue weighted by molar-refractivity contribution is -0.128. The minimum atomic E-state index is -0.804. The van der Waals surface area contributed by atoms with E-state index < -0.39 is 6.10 Å². The smallest absolute Gasteiger partial charge is 0.277 e. The van der Waals surface area contributed by atoms with Crippen LogP contribution < -0.4 is 20.5 Å². The van der Waals surface area contributed by atoms with Crippen LogP contribution in [0.3, 0.4) is 0 Å². The number of anilines is 1. The summed E-state index contributed by atoms with van der Waals surface area (Å²) in [5.41, 5.74) is 0.805. The molecule has 1 aromatic heterocycles. The molecule has 2 heterocycles. The molecule has 29 heavy (non-hydrogen) atoms. The third kappa shape index (κ3) is 3.54. The van der Waals surface area contributed by atoms with Gasteiger partial charge in [0.05, 0.1) is 24.2 Å². The average Bonchev–Trinajstić information content (AvgIpc) is 2.77. The normalized spacial score (nSPS) is 15.5. The van der Waals surface area contributed by atoms with E-state index in [0.717, 1.165) is 0 Å². The molecular weight excluding hydrogens is 374 g/mol. The zero-order valence-electron chi connectivity index (χ0n) is 15.7. The van der Waals surface area contributed by atoms with Gasteiger partial charge in [0.15, 0.2) is 6.10 Å². The number of aromatic nitrogens is 3. The summed E-state index contributed by atoms with van der Waals surface area (Å²) in [4.78, 5) is 39.1. The number of nitrogens with one attached hydrogen (secondary N) is 1. The predicted molar refractivity (Wildman–Crippen MR) is 106 cm³/mol. The van der Waals surface area contributed by atoms with Gasteiger partial charge in [0.25, 0.3) is 11.5 Å². The van der Waals surface area contributed by atoms with Crippen molar-refractivity contribution in [2.24, 2.45) is 0 Å². The van der Waals surface area contributed by atoms with Crippen molar-refractivity contribution in [2.75, 3.05) is 18.5 Å². The number of nitrogens with zero attached hydrogens (tertiary/aromatic N) is 4. The van der Waals surface area contributed by atoms with Gasteiger partial charge in [0.2, 0.25) is 5.91 Å². The lowest BCUT2D eigenvalue weighted by Gasteiger charge is -2.34. The molecular formula is C20H19N5O4. The lowest BCUT2D eigenvalue weighted by Crippen LogP contribution is -2.50. The van der Waals surface area contributed by atoms with E-state index in [4.69, 9.17) is 4.74 Å². The van der Waals surface area contributed by atoms with E-state index in [2.05, 4.69) is 15.6 Å². The molecule has 0 spiro atoms. The molecule has 1 atom stereocenters. The molecule has 0 fully saturated rings. The molecule has 4 rings (SSSR count). The second kappa shape index (κ2) is 7.70. The van der Waals surface area contributed by atoms with Crippen molar-refractivity contribution < 1.29 is 14.3 Å². The minimum Gasteiger partial charge on any atom is -0.477 e. The molecule has 9 nitrogen and oxygen atoms in total. The number of amides is 2. The highest BCUT2D eigenvalue weighted by Crippen LogP contribution is 2.33. The van der Waals surface area contributed by atoms with Crippen LogP contribution in [0.2, 0.25) is 0 Å². The van der Waals surface area contributed by atoms with Crippen LogP contribution in [0.15, 0.2) is 53.3 Å².